The van der Waals surface area contributed by atoms with Gasteiger partial charge in [-0.05, 0) is 117 Å². The lowest BCUT2D eigenvalue weighted by Gasteiger charge is -2.38. The SMILES string of the molecule is COc1ccc(C[C@@H]2NC(=O)[C@H](Cc3cnc[nH]3)NC(=O)[C@H](CC(=O)O)NC(=O)[C@H](Cc3c[nH]c4ccc(F)cc34)NC(=O)[C@H](Cc3c[nH]c4ccc(F)cc34)NC(=O)[C@H](C)NC(=O)CCC3CCN(CC3)C(=O)[C@H](CC(N)=O)NC(=O)[C@]3(C)CCCN3C2=O)cc1. The van der Waals surface area contributed by atoms with Gasteiger partial charge in [0.05, 0.1) is 26.3 Å². The number of hydrogen-bond acceptors (Lipinski definition) is 13. The molecule has 4 aliphatic rings. The van der Waals surface area contributed by atoms with E-state index in [1.54, 1.807) is 24.3 Å². The maximum atomic E-state index is 15.2. The van der Waals surface area contributed by atoms with Crippen molar-refractivity contribution >= 4 is 86.8 Å². The Morgan fingerprint density at radius 1 is 0.641 bits per heavy atom. The maximum absolute atomic E-state index is 15.2. The number of fused-ring (bicyclic) bond motifs is 27. The van der Waals surface area contributed by atoms with Gasteiger partial charge >= 0.3 is 5.97 Å². The molecule has 0 unspecified atom stereocenters. The number of methoxy groups -OCH3 is 1. The predicted octanol–water partition coefficient (Wildman–Crippen LogP) is 1.11. The fraction of sp³-hybridized carbons (Fsp3) is 0.429. The van der Waals surface area contributed by atoms with Crippen LogP contribution in [-0.2, 0) is 78.4 Å². The third kappa shape index (κ3) is 16.2. The van der Waals surface area contributed by atoms with Gasteiger partial charge in [0.2, 0.25) is 59.1 Å². The van der Waals surface area contributed by atoms with E-state index in [9.17, 15) is 61.8 Å². The van der Waals surface area contributed by atoms with Crippen molar-refractivity contribution < 1.29 is 71.4 Å². The third-order valence-corrected chi connectivity index (χ3v) is 17.3. The Kier molecular flexibility index (Phi) is 21.0. The summed E-state index contributed by atoms with van der Waals surface area (Å²) in [5.74, 6) is -11.3. The van der Waals surface area contributed by atoms with Crippen LogP contribution in [0, 0.1) is 17.6 Å². The molecular weight excluding hydrogens is 1200 g/mol. The Morgan fingerprint density at radius 3 is 1.75 bits per heavy atom. The van der Waals surface area contributed by atoms with Gasteiger partial charge in [-0.1, -0.05) is 12.1 Å². The number of carbonyl (C=O) groups is 11. The zero-order valence-corrected chi connectivity index (χ0v) is 50.8. The standard InChI is InChI=1S/C63H74F2N14O13/c1-33-55(84)72-46(22-36-29-68-44-12-8-38(64)24-42(36)44)56(85)73-47(23-37-30-69-45-13-9-39(65)25-43(37)45)57(86)75-49(28-54(82)83)59(88)74-48(26-40-31-67-32-70-40)58(87)76-50(21-35-5-10-41(92-3)11-6-35)61(90)79-18-4-17-63(79,2)62(91)77-51(27-52(66)80)60(89)78-19-15-34(16-20-78)7-14-53(81)71-33/h5-6,8-13,24-25,29-34,46-51,68-69H,4,7,14-23,26-28H2,1-3H3,(H2,66,80)(H,67,70)(H,71,81)(H,72,84)(H,73,85)(H,74,88)(H,75,86)(H,76,87)(H,77,91)(H,82,83)/t33-,46-,47-,48-,49-,50-,51-,63-/m0/s1. The van der Waals surface area contributed by atoms with Crippen LogP contribution in [0.1, 0.15) is 87.6 Å². The van der Waals surface area contributed by atoms with Crippen molar-refractivity contribution in [3.8, 4) is 5.75 Å². The average Bonchev–Trinajstić information content (AvgIpc) is 1.61. The molecule has 3 aromatic carbocycles. The molecule has 0 radical (unpaired) electrons. The van der Waals surface area contributed by atoms with Gasteiger partial charge in [-0.2, -0.15) is 0 Å². The van der Waals surface area contributed by atoms with Crippen molar-refractivity contribution in [3.63, 3.8) is 0 Å². The molecule has 13 N–H and O–H groups in total. The molecule has 29 heteroatoms. The minimum Gasteiger partial charge on any atom is -0.497 e. The van der Waals surface area contributed by atoms with Gasteiger partial charge in [0.1, 0.15) is 65.2 Å². The molecule has 6 aromatic rings. The summed E-state index contributed by atoms with van der Waals surface area (Å²) >= 11 is 0. The highest BCUT2D eigenvalue weighted by Crippen LogP contribution is 2.32. The number of H-pyrrole nitrogens is 3. The Balaban J connectivity index is 1.08. The monoisotopic (exact) mass is 1270 g/mol. The highest BCUT2D eigenvalue weighted by atomic mass is 19.1. The summed E-state index contributed by atoms with van der Waals surface area (Å²) in [5, 5.41) is 29.3. The van der Waals surface area contributed by atoms with Crippen LogP contribution in [0.5, 0.6) is 5.75 Å². The molecule has 7 heterocycles. The number of rotatable bonds is 13. The highest BCUT2D eigenvalue weighted by Gasteiger charge is 2.49. The molecule has 3 aromatic heterocycles. The van der Waals surface area contributed by atoms with Crippen molar-refractivity contribution in [3.05, 3.63) is 120 Å². The Bertz CT molecular complexity index is 3760. The first kappa shape index (κ1) is 66.2. The molecule has 4 fully saturated rings. The molecule has 10 amide bonds. The second-order valence-corrected chi connectivity index (χ2v) is 23.8. The predicted molar refractivity (Wildman–Crippen MR) is 326 cm³/mol. The number of piperidine rings is 1. The molecule has 2 bridgehead atoms. The van der Waals surface area contributed by atoms with Crippen molar-refractivity contribution in [1.29, 1.82) is 0 Å². The van der Waals surface area contributed by atoms with Gasteiger partial charge in [-0.25, -0.2) is 13.8 Å². The Morgan fingerprint density at radius 2 is 1.20 bits per heavy atom. The number of imidazole rings is 1. The van der Waals surface area contributed by atoms with Crippen molar-refractivity contribution in [1.82, 2.24) is 67.0 Å². The number of hydrogen-bond donors (Lipinski definition) is 12. The van der Waals surface area contributed by atoms with Crippen LogP contribution in [0.4, 0.5) is 8.78 Å². The number of aromatic nitrogens is 4. The van der Waals surface area contributed by atoms with E-state index in [2.05, 4.69) is 57.2 Å². The second kappa shape index (κ2) is 29.2. The van der Waals surface area contributed by atoms with E-state index in [1.807, 2.05) is 0 Å². The van der Waals surface area contributed by atoms with Crippen LogP contribution in [0.3, 0.4) is 0 Å². The van der Waals surface area contributed by atoms with E-state index in [4.69, 9.17) is 10.5 Å². The highest BCUT2D eigenvalue weighted by molar-refractivity contribution is 6.01. The van der Waals surface area contributed by atoms with Gasteiger partial charge < -0.3 is 77.5 Å². The van der Waals surface area contributed by atoms with E-state index in [1.165, 1.54) is 92.1 Å². The quantitative estimate of drug-likeness (QED) is 0.0721. The van der Waals surface area contributed by atoms with E-state index in [0.29, 0.717) is 59.0 Å². The largest absolute Gasteiger partial charge is 0.497 e. The van der Waals surface area contributed by atoms with Gasteiger partial charge in [0.25, 0.3) is 0 Å². The second-order valence-electron chi connectivity index (χ2n) is 23.8. The number of primary amides is 1. The molecule has 4 saturated heterocycles. The number of aliphatic carboxylic acids is 1. The summed E-state index contributed by atoms with van der Waals surface area (Å²) in [6.07, 6.45) is 4.06. The lowest BCUT2D eigenvalue weighted by Crippen LogP contribution is -2.64. The van der Waals surface area contributed by atoms with E-state index in [-0.39, 0.29) is 74.3 Å². The van der Waals surface area contributed by atoms with Crippen LogP contribution in [0.2, 0.25) is 0 Å². The summed E-state index contributed by atoms with van der Waals surface area (Å²) in [6.45, 7) is 3.23. The smallest absolute Gasteiger partial charge is 0.305 e. The maximum Gasteiger partial charge on any atom is 0.305 e. The number of carboxylic acids is 1. The van der Waals surface area contributed by atoms with Crippen LogP contribution in [0.15, 0.2) is 85.6 Å². The van der Waals surface area contributed by atoms with E-state index in [0.717, 1.165) is 0 Å². The number of amides is 10. The van der Waals surface area contributed by atoms with Crippen molar-refractivity contribution in [2.45, 2.75) is 139 Å². The third-order valence-electron chi connectivity index (χ3n) is 17.3. The first-order chi connectivity index (χ1) is 43.9. The summed E-state index contributed by atoms with van der Waals surface area (Å²) < 4.78 is 35.0. The first-order valence-corrected chi connectivity index (χ1v) is 30.3. The topological polar surface area (TPSA) is 394 Å². The molecule has 0 aliphatic carbocycles. The number of halogens is 2. The van der Waals surface area contributed by atoms with Crippen LogP contribution >= 0.6 is 0 Å². The molecular formula is C63H74F2N14O13. The molecule has 10 rings (SSSR count). The fourth-order valence-electron chi connectivity index (χ4n) is 12.1. The summed E-state index contributed by atoms with van der Waals surface area (Å²) in [6, 6.07) is 3.03. The number of carboxylic acid groups (broad SMARTS) is 1. The molecule has 0 spiro atoms. The van der Waals surface area contributed by atoms with Gasteiger partial charge in [-0.15, -0.1) is 0 Å². The number of carbonyl (C=O) groups excluding carboxylic acids is 10. The van der Waals surface area contributed by atoms with Gasteiger partial charge in [0, 0.05) is 97.8 Å². The van der Waals surface area contributed by atoms with Crippen molar-refractivity contribution in [2.75, 3.05) is 26.7 Å². The summed E-state index contributed by atoms with van der Waals surface area (Å²) in [4.78, 5) is 172. The van der Waals surface area contributed by atoms with Gasteiger partial charge in [0.15, 0.2) is 0 Å². The zero-order chi connectivity index (χ0) is 66.0. The minimum atomic E-state index is -2.01. The number of nitrogens with one attached hydrogen (secondary N) is 10. The lowest BCUT2D eigenvalue weighted by molar-refractivity contribution is -0.148. The Hall–Kier alpha value is -10.2. The van der Waals surface area contributed by atoms with Crippen LogP contribution < -0.4 is 47.7 Å². The average molecular weight is 1270 g/mol. The molecule has 4 aliphatic heterocycles. The molecule has 0 saturated carbocycles. The van der Waals surface area contributed by atoms with Crippen molar-refractivity contribution in [2.24, 2.45) is 11.7 Å². The zero-order valence-electron chi connectivity index (χ0n) is 50.8. The fourth-order valence-corrected chi connectivity index (χ4v) is 12.1. The Labute approximate surface area is 525 Å². The number of aromatic amines is 3. The summed E-state index contributed by atoms with van der Waals surface area (Å²) in [5.41, 5.74) is 6.29. The van der Waals surface area contributed by atoms with Crippen LogP contribution in [0.25, 0.3) is 21.8 Å². The number of nitrogens with two attached hydrogens (primary N) is 1. The number of ether oxygens (including phenoxy) is 1. The molecule has 488 valence electrons. The first-order valence-electron chi connectivity index (χ1n) is 30.3. The lowest BCUT2D eigenvalue weighted by atomic mass is 9.91. The number of nitrogens with zero attached hydrogens (tertiary/aromatic N) is 3. The molecule has 27 nitrogen and oxygen atoms in total. The molecule has 92 heavy (non-hydrogen) atoms. The minimum absolute atomic E-state index is 0.00106. The van der Waals surface area contributed by atoms with Gasteiger partial charge in [-0.3, -0.25) is 52.7 Å². The summed E-state index contributed by atoms with van der Waals surface area (Å²) in [7, 11) is 1.46. The van der Waals surface area contributed by atoms with E-state index < -0.39 is 144 Å². The molecule has 8 atom stereocenters. The van der Waals surface area contributed by atoms with Crippen LogP contribution in [-0.4, -0.2) is 174 Å². The van der Waals surface area contributed by atoms with E-state index >= 15 is 4.79 Å². The number of benzene rings is 3. The normalized spacial score (nSPS) is 24.8.